The van der Waals surface area contributed by atoms with Crippen molar-refractivity contribution in [2.45, 2.75) is 30.3 Å². The molecule has 3 N–H and O–H groups in total. The smallest absolute Gasteiger partial charge is 0.237 e. The summed E-state index contributed by atoms with van der Waals surface area (Å²) in [7, 11) is 0. The Labute approximate surface area is 174 Å². The van der Waals surface area contributed by atoms with E-state index in [0.29, 0.717) is 29.0 Å². The predicted molar refractivity (Wildman–Crippen MR) is 110 cm³/mol. The monoisotopic (exact) mass is 463 g/mol. The van der Waals surface area contributed by atoms with Gasteiger partial charge in [-0.1, -0.05) is 27.7 Å². The maximum Gasteiger partial charge on any atom is 0.237 e. The van der Waals surface area contributed by atoms with E-state index in [2.05, 4.69) is 31.4 Å². The largest absolute Gasteiger partial charge is 0.461 e. The molecule has 2 amide bonds. The molecule has 0 saturated heterocycles. The Hall–Kier alpha value is -2.59. The van der Waals surface area contributed by atoms with Crippen LogP contribution in [-0.2, 0) is 16.1 Å². The zero-order valence-corrected chi connectivity index (χ0v) is 17.4. The van der Waals surface area contributed by atoms with Crippen molar-refractivity contribution in [3.8, 4) is 11.6 Å². The van der Waals surface area contributed by atoms with Gasteiger partial charge in [-0.3, -0.25) is 14.2 Å². The molecule has 146 valence electrons. The van der Waals surface area contributed by atoms with Gasteiger partial charge in [0, 0.05) is 23.1 Å². The molecule has 2 aromatic heterocycles. The highest BCUT2D eigenvalue weighted by Gasteiger charge is 2.22. The average molecular weight is 464 g/mol. The van der Waals surface area contributed by atoms with Gasteiger partial charge in [0.15, 0.2) is 16.7 Å². The number of thioether (sulfide) groups is 1. The molecule has 0 radical (unpaired) electrons. The van der Waals surface area contributed by atoms with Crippen molar-refractivity contribution < 1.29 is 14.0 Å². The molecule has 10 heteroatoms. The van der Waals surface area contributed by atoms with Crippen LogP contribution < -0.4 is 11.1 Å². The van der Waals surface area contributed by atoms with Crippen LogP contribution in [0.5, 0.6) is 0 Å². The van der Waals surface area contributed by atoms with Crippen molar-refractivity contribution in [3.63, 3.8) is 0 Å². The highest BCUT2D eigenvalue weighted by molar-refractivity contribution is 9.10. The van der Waals surface area contributed by atoms with Crippen LogP contribution in [0.2, 0.25) is 0 Å². The van der Waals surface area contributed by atoms with E-state index < -0.39 is 11.2 Å². The maximum atomic E-state index is 12.5. The summed E-state index contributed by atoms with van der Waals surface area (Å²) >= 11 is 4.61. The first-order valence-electron chi connectivity index (χ1n) is 8.42. The predicted octanol–water partition coefficient (Wildman–Crippen LogP) is 3.30. The van der Waals surface area contributed by atoms with Crippen molar-refractivity contribution in [3.05, 3.63) is 47.1 Å². The topological polar surface area (TPSA) is 116 Å². The van der Waals surface area contributed by atoms with Crippen LogP contribution >= 0.6 is 27.7 Å². The lowest BCUT2D eigenvalue weighted by Crippen LogP contribution is -2.23. The summed E-state index contributed by atoms with van der Waals surface area (Å²) in [5, 5.41) is 11.2. The van der Waals surface area contributed by atoms with E-state index in [4.69, 9.17) is 10.2 Å². The number of nitrogens with two attached hydrogens (primary N) is 1. The molecule has 0 aliphatic rings. The van der Waals surface area contributed by atoms with E-state index in [1.165, 1.54) is 18.0 Å². The number of rotatable bonds is 8. The molecule has 0 aliphatic heterocycles. The zero-order valence-electron chi connectivity index (χ0n) is 15.0. The van der Waals surface area contributed by atoms with Gasteiger partial charge in [-0.15, -0.1) is 10.2 Å². The fraction of sp³-hybridized carbons (Fsp3) is 0.222. The minimum absolute atomic E-state index is 0.124. The van der Waals surface area contributed by atoms with Crippen molar-refractivity contribution in [1.82, 2.24) is 14.8 Å². The van der Waals surface area contributed by atoms with Gasteiger partial charge < -0.3 is 15.5 Å². The Morgan fingerprint density at radius 3 is 2.68 bits per heavy atom. The number of carbonyl (C=O) groups is 2. The molecule has 28 heavy (non-hydrogen) atoms. The van der Waals surface area contributed by atoms with Gasteiger partial charge >= 0.3 is 0 Å². The van der Waals surface area contributed by atoms with E-state index in [1.807, 2.05) is 24.3 Å². The maximum absolute atomic E-state index is 12.5. The molecule has 1 unspecified atom stereocenters. The van der Waals surface area contributed by atoms with Crippen molar-refractivity contribution in [2.75, 3.05) is 5.32 Å². The Bertz CT molecular complexity index is 956. The number of primary amides is 1. The normalized spacial score (nSPS) is 11.9. The molecule has 0 saturated carbocycles. The van der Waals surface area contributed by atoms with Crippen LogP contribution in [0.25, 0.3) is 11.6 Å². The summed E-state index contributed by atoms with van der Waals surface area (Å²) in [5.74, 6) is 0.400. The van der Waals surface area contributed by atoms with Gasteiger partial charge in [0.05, 0.1) is 11.5 Å². The first-order chi connectivity index (χ1) is 13.4. The van der Waals surface area contributed by atoms with E-state index >= 15 is 0 Å². The third-order valence-corrected chi connectivity index (χ3v) is 5.41. The second kappa shape index (κ2) is 9.07. The minimum Gasteiger partial charge on any atom is -0.461 e. The van der Waals surface area contributed by atoms with Crippen LogP contribution in [0.15, 0.2) is 56.7 Å². The first kappa shape index (κ1) is 20.2. The number of halogens is 1. The number of benzene rings is 1. The van der Waals surface area contributed by atoms with E-state index in [0.717, 1.165) is 4.47 Å². The van der Waals surface area contributed by atoms with Crippen LogP contribution in [0.1, 0.15) is 13.3 Å². The van der Waals surface area contributed by atoms with Crippen LogP contribution in [0.3, 0.4) is 0 Å². The van der Waals surface area contributed by atoms with Gasteiger partial charge in [0.25, 0.3) is 0 Å². The Kier molecular flexibility index (Phi) is 6.53. The Balaban J connectivity index is 1.75. The quantitative estimate of drug-likeness (QED) is 0.495. The Morgan fingerprint density at radius 1 is 1.29 bits per heavy atom. The van der Waals surface area contributed by atoms with Crippen LogP contribution in [-0.4, -0.2) is 31.8 Å². The van der Waals surface area contributed by atoms with Crippen LogP contribution in [0.4, 0.5) is 5.69 Å². The number of anilines is 1. The average Bonchev–Trinajstić information content (AvgIpc) is 3.31. The molecular weight excluding hydrogens is 446 g/mol. The second-order valence-electron chi connectivity index (χ2n) is 5.91. The summed E-state index contributed by atoms with van der Waals surface area (Å²) in [6.07, 6.45) is 1.66. The molecule has 1 aromatic carbocycles. The highest BCUT2D eigenvalue weighted by atomic mass is 79.9. The molecule has 0 bridgehead atoms. The lowest BCUT2D eigenvalue weighted by atomic mass is 10.3. The first-order valence-corrected chi connectivity index (χ1v) is 10.1. The number of carbonyl (C=O) groups excluding carboxylic acids is 2. The fourth-order valence-electron chi connectivity index (χ4n) is 2.38. The van der Waals surface area contributed by atoms with Gasteiger partial charge in [0.1, 0.15) is 0 Å². The molecule has 3 rings (SSSR count). The molecule has 2 heterocycles. The highest BCUT2D eigenvalue weighted by Crippen LogP contribution is 2.28. The summed E-state index contributed by atoms with van der Waals surface area (Å²) < 4.78 is 8.05. The minimum atomic E-state index is -0.440. The fourth-order valence-corrected chi connectivity index (χ4v) is 3.52. The number of amides is 2. The molecule has 8 nitrogen and oxygen atoms in total. The summed E-state index contributed by atoms with van der Waals surface area (Å²) in [6, 6.07) is 10.8. The number of nitrogens with zero attached hydrogens (tertiary/aromatic N) is 3. The number of hydrogen-bond donors (Lipinski definition) is 2. The number of furan rings is 1. The Morgan fingerprint density at radius 2 is 2.04 bits per heavy atom. The van der Waals surface area contributed by atoms with Crippen molar-refractivity contribution in [1.29, 1.82) is 0 Å². The number of nitrogens with one attached hydrogen (secondary N) is 1. The van der Waals surface area contributed by atoms with Crippen molar-refractivity contribution in [2.24, 2.45) is 5.73 Å². The third kappa shape index (κ3) is 5.02. The SMILES string of the molecule is CC(Sc1nnc(-c2ccco2)n1CCC(N)=O)C(=O)Nc1ccc(Br)cc1. The standard InChI is InChI=1S/C18H18BrN5O3S/c1-11(17(26)21-13-6-4-12(19)5-7-13)28-18-23-22-16(14-3-2-10-27-14)24(18)9-8-15(20)25/h2-7,10-11H,8-9H2,1H3,(H2,20,25)(H,21,26). The zero-order chi connectivity index (χ0) is 20.1. The van der Waals surface area contributed by atoms with E-state index in [9.17, 15) is 9.59 Å². The van der Waals surface area contributed by atoms with Gasteiger partial charge in [0.2, 0.25) is 11.8 Å². The number of hydrogen-bond acceptors (Lipinski definition) is 6. The molecule has 0 fully saturated rings. The molecule has 0 spiro atoms. The summed E-state index contributed by atoms with van der Waals surface area (Å²) in [4.78, 5) is 23.8. The number of aromatic nitrogens is 3. The lowest BCUT2D eigenvalue weighted by molar-refractivity contribution is -0.118. The second-order valence-corrected chi connectivity index (χ2v) is 8.13. The molecule has 1 atom stereocenters. The van der Waals surface area contributed by atoms with Crippen molar-refractivity contribution >= 4 is 45.2 Å². The van der Waals surface area contributed by atoms with Gasteiger partial charge in [-0.05, 0) is 43.3 Å². The lowest BCUT2D eigenvalue weighted by Gasteiger charge is -2.13. The molecular formula is C18H18BrN5O3S. The molecule has 0 aliphatic carbocycles. The molecule has 3 aromatic rings. The van der Waals surface area contributed by atoms with E-state index in [1.54, 1.807) is 23.6 Å². The van der Waals surface area contributed by atoms with E-state index in [-0.39, 0.29) is 12.3 Å². The summed E-state index contributed by atoms with van der Waals surface area (Å²) in [6.45, 7) is 2.07. The summed E-state index contributed by atoms with van der Waals surface area (Å²) in [5.41, 5.74) is 5.98. The van der Waals surface area contributed by atoms with Gasteiger partial charge in [-0.2, -0.15) is 0 Å². The third-order valence-electron chi connectivity index (χ3n) is 3.80. The van der Waals surface area contributed by atoms with Gasteiger partial charge in [-0.25, -0.2) is 0 Å². The van der Waals surface area contributed by atoms with Crippen LogP contribution in [0, 0.1) is 0 Å².